The molecule has 1 unspecified atom stereocenters. The minimum atomic E-state index is -0.943. The Morgan fingerprint density at radius 3 is 2.58 bits per heavy atom. The molecule has 4 rings (SSSR count). The van der Waals surface area contributed by atoms with Crippen LogP contribution in [0.2, 0.25) is 0 Å². The number of carbonyl (C=O) groups excluding carboxylic acids is 2. The summed E-state index contributed by atoms with van der Waals surface area (Å²) < 4.78 is 33.6. The molecule has 1 aromatic carbocycles. The Balaban J connectivity index is 1.68. The summed E-state index contributed by atoms with van der Waals surface area (Å²) in [4.78, 5) is 40.7. The summed E-state index contributed by atoms with van der Waals surface area (Å²) in [6.45, 7) is 4.00. The molecule has 2 aromatic rings. The number of aromatic hydroxyl groups is 1. The zero-order valence-electron chi connectivity index (χ0n) is 22.6. The minimum Gasteiger partial charge on any atom is -0.502 e. The standard InChI is InChI=1S/C27H31F2N5O5S/c1-5-33-25(37)21-23(36)22(35)18(24(31)40-20(30)10-15-6-7-16(28)11-19(15)29)13-34(21)32(3)27(33)9-8-17(14(2)12-27)26(38)39-4/h6-7,11,13-14,17,30-31,36H,5,8-10,12H2,1-4H3/t14-,17+,27?/m1/s1. The third kappa shape index (κ3) is 4.87. The van der Waals surface area contributed by atoms with Gasteiger partial charge in [-0.3, -0.25) is 34.9 Å². The molecule has 0 radical (unpaired) electrons. The molecule has 40 heavy (non-hydrogen) atoms. The van der Waals surface area contributed by atoms with Crippen LogP contribution in [0.3, 0.4) is 0 Å². The number of ether oxygens (including phenoxy) is 1. The highest BCUT2D eigenvalue weighted by Gasteiger charge is 2.53. The Labute approximate surface area is 233 Å². The average Bonchev–Trinajstić information content (AvgIpc) is 2.90. The molecule has 214 valence electrons. The van der Waals surface area contributed by atoms with Crippen LogP contribution in [0.1, 0.15) is 54.7 Å². The normalized spacial score (nSPS) is 22.3. The lowest BCUT2D eigenvalue weighted by atomic mass is 9.73. The number of fused-ring (bicyclic) bond motifs is 1. The summed E-state index contributed by atoms with van der Waals surface area (Å²) in [5.74, 6) is -3.74. The van der Waals surface area contributed by atoms with Crippen LogP contribution in [0.25, 0.3) is 0 Å². The van der Waals surface area contributed by atoms with Crippen molar-refractivity contribution in [2.75, 3.05) is 25.7 Å². The number of aromatic nitrogens is 1. The SMILES string of the molecule is CCN1C(=O)c2c(O)c(=O)c(C(=N)SC(=N)Cc3ccc(F)cc3F)cn2N(C)C12CC[C@H](C(=O)OC)[C@H](C)C2. The van der Waals surface area contributed by atoms with Crippen molar-refractivity contribution in [3.05, 3.63) is 63.1 Å². The Morgan fingerprint density at radius 2 is 1.98 bits per heavy atom. The lowest BCUT2D eigenvalue weighted by molar-refractivity contribution is -0.150. The number of thioether (sulfide) groups is 1. The van der Waals surface area contributed by atoms with Gasteiger partial charge in [0.15, 0.2) is 11.4 Å². The van der Waals surface area contributed by atoms with E-state index in [0.29, 0.717) is 37.1 Å². The van der Waals surface area contributed by atoms with Crippen molar-refractivity contribution in [1.82, 2.24) is 9.58 Å². The number of esters is 1. The van der Waals surface area contributed by atoms with Crippen molar-refractivity contribution >= 4 is 33.7 Å². The van der Waals surface area contributed by atoms with Crippen LogP contribution >= 0.6 is 11.8 Å². The van der Waals surface area contributed by atoms with Crippen molar-refractivity contribution in [1.29, 1.82) is 10.8 Å². The van der Waals surface area contributed by atoms with Gasteiger partial charge in [0.25, 0.3) is 5.91 Å². The summed E-state index contributed by atoms with van der Waals surface area (Å²) >= 11 is 0.591. The van der Waals surface area contributed by atoms with Gasteiger partial charge in [0, 0.05) is 32.3 Å². The summed E-state index contributed by atoms with van der Waals surface area (Å²) in [6.07, 6.45) is 2.37. The number of hydrogen-bond acceptors (Lipinski definition) is 9. The number of halogens is 2. The summed E-state index contributed by atoms with van der Waals surface area (Å²) in [7, 11) is 3.06. The molecule has 1 fully saturated rings. The van der Waals surface area contributed by atoms with E-state index in [0.717, 1.165) is 6.07 Å². The van der Waals surface area contributed by atoms with Gasteiger partial charge in [-0.15, -0.1) is 0 Å². The van der Waals surface area contributed by atoms with Gasteiger partial charge in [-0.25, -0.2) is 8.78 Å². The van der Waals surface area contributed by atoms with Crippen LogP contribution in [0, 0.1) is 34.3 Å². The molecule has 1 amide bonds. The van der Waals surface area contributed by atoms with E-state index in [1.54, 1.807) is 23.9 Å². The van der Waals surface area contributed by atoms with Gasteiger partial charge in [0.1, 0.15) is 22.3 Å². The Bertz CT molecular complexity index is 1460. The third-order valence-electron chi connectivity index (χ3n) is 7.89. The van der Waals surface area contributed by atoms with Gasteiger partial charge >= 0.3 is 5.97 Å². The fraction of sp³-hybridized carbons (Fsp3) is 0.444. The Hall–Kier alpha value is -3.74. The fourth-order valence-corrected chi connectivity index (χ4v) is 6.57. The number of pyridine rings is 1. The Morgan fingerprint density at radius 1 is 1.27 bits per heavy atom. The van der Waals surface area contributed by atoms with Gasteiger partial charge in [0.05, 0.1) is 23.6 Å². The molecule has 2 heterocycles. The first kappa shape index (κ1) is 29.2. The second-order valence-corrected chi connectivity index (χ2v) is 11.2. The first-order chi connectivity index (χ1) is 18.9. The number of rotatable bonds is 5. The van der Waals surface area contributed by atoms with Crippen LogP contribution in [0.15, 0.2) is 29.2 Å². The van der Waals surface area contributed by atoms with E-state index < -0.39 is 34.4 Å². The average molecular weight is 576 g/mol. The molecule has 1 saturated carbocycles. The highest BCUT2D eigenvalue weighted by atomic mass is 32.2. The maximum Gasteiger partial charge on any atom is 0.308 e. The lowest BCUT2D eigenvalue weighted by Crippen LogP contribution is -2.71. The molecule has 10 nitrogen and oxygen atoms in total. The van der Waals surface area contributed by atoms with E-state index in [-0.39, 0.29) is 57.7 Å². The molecule has 13 heteroatoms. The number of methoxy groups -OCH3 is 1. The molecule has 0 bridgehead atoms. The van der Waals surface area contributed by atoms with Gasteiger partial charge in [-0.2, -0.15) is 0 Å². The minimum absolute atomic E-state index is 0.0558. The molecule has 1 spiro atoms. The van der Waals surface area contributed by atoms with Crippen LogP contribution in [0.4, 0.5) is 8.78 Å². The molecule has 1 aliphatic carbocycles. The van der Waals surface area contributed by atoms with Crippen LogP contribution in [0.5, 0.6) is 5.75 Å². The van der Waals surface area contributed by atoms with Gasteiger partial charge in [-0.1, -0.05) is 24.8 Å². The van der Waals surface area contributed by atoms with E-state index in [2.05, 4.69) is 0 Å². The predicted molar refractivity (Wildman–Crippen MR) is 147 cm³/mol. The van der Waals surface area contributed by atoms with Crippen molar-refractivity contribution in [3.63, 3.8) is 0 Å². The first-order valence-electron chi connectivity index (χ1n) is 12.8. The number of nitrogens with one attached hydrogen (secondary N) is 2. The summed E-state index contributed by atoms with van der Waals surface area (Å²) in [5.41, 5.74) is -2.25. The molecular formula is C27H31F2N5O5S. The fourth-order valence-electron chi connectivity index (χ4n) is 5.84. The topological polar surface area (TPSA) is 140 Å². The van der Waals surface area contributed by atoms with Crippen molar-refractivity contribution < 1.29 is 28.2 Å². The van der Waals surface area contributed by atoms with E-state index in [1.807, 2.05) is 6.92 Å². The number of benzene rings is 1. The number of carbonyl (C=O) groups is 2. The molecule has 3 N–H and O–H groups in total. The first-order valence-corrected chi connectivity index (χ1v) is 13.6. The van der Waals surface area contributed by atoms with Crippen LogP contribution in [-0.2, 0) is 16.0 Å². The second-order valence-electron chi connectivity index (χ2n) is 10.1. The largest absolute Gasteiger partial charge is 0.502 e. The zero-order valence-corrected chi connectivity index (χ0v) is 23.4. The molecule has 1 aliphatic heterocycles. The number of nitrogens with zero attached hydrogens (tertiary/aromatic N) is 3. The summed E-state index contributed by atoms with van der Waals surface area (Å²) in [5, 5.41) is 28.8. The zero-order chi connectivity index (χ0) is 29.5. The van der Waals surface area contributed by atoms with E-state index in [4.69, 9.17) is 15.6 Å². The highest BCUT2D eigenvalue weighted by molar-refractivity contribution is 8.26. The van der Waals surface area contributed by atoms with Gasteiger partial charge in [-0.05, 0) is 43.7 Å². The highest BCUT2D eigenvalue weighted by Crippen LogP contribution is 2.44. The van der Waals surface area contributed by atoms with E-state index >= 15 is 0 Å². The maximum atomic E-state index is 14.1. The lowest BCUT2D eigenvalue weighted by Gasteiger charge is -2.57. The van der Waals surface area contributed by atoms with Crippen molar-refractivity contribution in [2.24, 2.45) is 11.8 Å². The number of amides is 1. The smallest absolute Gasteiger partial charge is 0.308 e. The predicted octanol–water partition coefficient (Wildman–Crippen LogP) is 3.46. The quantitative estimate of drug-likeness (QED) is 0.282. The van der Waals surface area contributed by atoms with E-state index in [1.165, 1.54) is 24.0 Å². The third-order valence-corrected chi connectivity index (χ3v) is 8.70. The molecule has 0 saturated heterocycles. The van der Waals surface area contributed by atoms with Crippen molar-refractivity contribution in [3.8, 4) is 5.75 Å². The molecule has 1 aromatic heterocycles. The molecule has 3 atom stereocenters. The second kappa shape index (κ2) is 11.0. The summed E-state index contributed by atoms with van der Waals surface area (Å²) in [6, 6.07) is 2.98. The van der Waals surface area contributed by atoms with Crippen molar-refractivity contribution in [2.45, 2.75) is 45.2 Å². The van der Waals surface area contributed by atoms with Crippen LogP contribution in [-0.4, -0.2) is 63.0 Å². The van der Waals surface area contributed by atoms with E-state index in [9.17, 15) is 28.3 Å². The molecule has 2 aliphatic rings. The monoisotopic (exact) mass is 575 g/mol. The van der Waals surface area contributed by atoms with Gasteiger partial charge in [0.2, 0.25) is 5.43 Å². The molecular weight excluding hydrogens is 544 g/mol. The maximum absolute atomic E-state index is 14.1. The van der Waals surface area contributed by atoms with Crippen LogP contribution < -0.4 is 10.4 Å². The Kier molecular flexibility index (Phi) is 8.06. The van der Waals surface area contributed by atoms with Gasteiger partial charge < -0.3 is 14.7 Å². The number of hydrogen-bond donors (Lipinski definition) is 3.